The summed E-state index contributed by atoms with van der Waals surface area (Å²) in [5.74, 6) is 4.84. The maximum absolute atomic E-state index is 2.44. The van der Waals surface area contributed by atoms with Crippen molar-refractivity contribution in [2.45, 2.75) is 284 Å². The highest BCUT2D eigenvalue weighted by Crippen LogP contribution is 2.19. The zero-order valence-corrected chi connectivity index (χ0v) is 35.5. The molecular weight excluding hydrogens is 608 g/mol. The monoisotopic (exact) mass is 703 g/mol. The minimum absolute atomic E-state index is 0.892. The second-order valence-corrected chi connectivity index (χ2v) is 17.0. The van der Waals surface area contributed by atoms with Gasteiger partial charge in [-0.25, -0.2) is 0 Å². The van der Waals surface area contributed by atoms with E-state index < -0.39 is 0 Å². The van der Waals surface area contributed by atoms with Crippen LogP contribution < -0.4 is 0 Å². The van der Waals surface area contributed by atoms with Gasteiger partial charge in [0.1, 0.15) is 0 Å². The first-order valence-electron chi connectivity index (χ1n) is 23.5. The lowest BCUT2D eigenvalue weighted by Crippen LogP contribution is -1.84. The minimum Gasteiger partial charge on any atom is -0.0840 e. The molecule has 0 aromatic heterocycles. The van der Waals surface area contributed by atoms with Gasteiger partial charge in [-0.15, -0.1) is 0 Å². The second kappa shape index (κ2) is 47.9. The predicted molar refractivity (Wildman–Crippen MR) is 232 cm³/mol. The van der Waals surface area contributed by atoms with Crippen LogP contribution in [0.15, 0.2) is 23.8 Å². The standard InChI is InChI=1S/C48H95P/c1-3-5-7-9-11-13-15-17-19-21-23-25-27-29-31-33-35-37-39-41-43-45-47-49-48-46-44-42-40-38-36-34-32-30-28-26-24-22-20-18-16-14-12-10-8-6-4-2/h45-49H,3-44H2,1-2H3/b47-45+,48-46+. The van der Waals surface area contributed by atoms with Gasteiger partial charge in [0.15, 0.2) is 0 Å². The molecule has 0 fully saturated rings. The summed E-state index contributed by atoms with van der Waals surface area (Å²) < 4.78 is 0. The maximum atomic E-state index is 2.44. The van der Waals surface area contributed by atoms with Crippen molar-refractivity contribution < 1.29 is 0 Å². The molecule has 0 aromatic rings. The summed E-state index contributed by atoms with van der Waals surface area (Å²) >= 11 is 0. The molecular formula is C48H95P. The molecule has 0 saturated carbocycles. The van der Waals surface area contributed by atoms with E-state index >= 15 is 0 Å². The lowest BCUT2D eigenvalue weighted by molar-refractivity contribution is 0.522. The fourth-order valence-corrected chi connectivity index (χ4v) is 8.11. The van der Waals surface area contributed by atoms with Gasteiger partial charge in [-0.3, -0.25) is 0 Å². The van der Waals surface area contributed by atoms with Crippen molar-refractivity contribution in [2.24, 2.45) is 0 Å². The van der Waals surface area contributed by atoms with Gasteiger partial charge in [-0.1, -0.05) is 290 Å². The van der Waals surface area contributed by atoms with Crippen molar-refractivity contribution in [1.82, 2.24) is 0 Å². The van der Waals surface area contributed by atoms with Gasteiger partial charge in [-0.05, 0) is 25.7 Å². The molecule has 292 valence electrons. The van der Waals surface area contributed by atoms with E-state index in [0.29, 0.717) is 0 Å². The Labute approximate surface area is 314 Å². The predicted octanol–water partition coefficient (Wildman–Crippen LogP) is 19.1. The van der Waals surface area contributed by atoms with Gasteiger partial charge >= 0.3 is 0 Å². The molecule has 0 heterocycles. The largest absolute Gasteiger partial charge is 0.0840 e. The van der Waals surface area contributed by atoms with Crippen LogP contribution in [0.25, 0.3) is 0 Å². The Balaban J connectivity index is 3.14. The van der Waals surface area contributed by atoms with Crippen molar-refractivity contribution in [2.75, 3.05) is 0 Å². The Bertz CT molecular complexity index is 554. The van der Waals surface area contributed by atoms with E-state index in [1.807, 2.05) is 0 Å². The van der Waals surface area contributed by atoms with Crippen molar-refractivity contribution in [3.63, 3.8) is 0 Å². The minimum atomic E-state index is 0.892. The quantitative estimate of drug-likeness (QED) is 0.0438. The topological polar surface area (TPSA) is 0 Å². The molecule has 0 saturated heterocycles. The number of rotatable bonds is 44. The zero-order chi connectivity index (χ0) is 35.2. The molecule has 0 radical (unpaired) electrons. The van der Waals surface area contributed by atoms with E-state index in [1.54, 1.807) is 0 Å². The summed E-state index contributed by atoms with van der Waals surface area (Å²) in [6, 6.07) is 0. The molecule has 0 bridgehead atoms. The summed E-state index contributed by atoms with van der Waals surface area (Å²) in [6.07, 6.45) is 66.0. The summed E-state index contributed by atoms with van der Waals surface area (Å²) in [6.45, 7) is 4.62. The molecule has 0 amide bonds. The first kappa shape index (κ1) is 48.9. The van der Waals surface area contributed by atoms with Crippen molar-refractivity contribution in [3.8, 4) is 0 Å². The summed E-state index contributed by atoms with van der Waals surface area (Å²) in [4.78, 5) is 0. The normalized spacial score (nSPS) is 12.0. The molecule has 0 atom stereocenters. The third kappa shape index (κ3) is 47.9. The molecule has 49 heavy (non-hydrogen) atoms. The lowest BCUT2D eigenvalue weighted by atomic mass is 10.0. The fourth-order valence-electron chi connectivity index (χ4n) is 7.39. The Morgan fingerprint density at radius 1 is 0.224 bits per heavy atom. The van der Waals surface area contributed by atoms with Gasteiger partial charge in [-0.2, -0.15) is 0 Å². The lowest BCUT2D eigenvalue weighted by Gasteiger charge is -2.04. The smallest absolute Gasteiger partial charge is 0.0347 e. The summed E-state index contributed by atoms with van der Waals surface area (Å²) in [5, 5.41) is 0. The SMILES string of the molecule is CCCCCCCCCCCCCCCCCCCCCC/C=C/P/C=C/CCCCCCCCCCCCCCCCCCCCCC. The molecule has 0 aliphatic rings. The van der Waals surface area contributed by atoms with Gasteiger partial charge in [0.2, 0.25) is 0 Å². The average molecular weight is 703 g/mol. The van der Waals surface area contributed by atoms with Crippen LogP contribution in [0.2, 0.25) is 0 Å². The van der Waals surface area contributed by atoms with Crippen LogP contribution in [-0.2, 0) is 0 Å². The molecule has 0 aliphatic carbocycles. The molecule has 0 spiro atoms. The van der Waals surface area contributed by atoms with E-state index in [1.165, 1.54) is 270 Å². The summed E-state index contributed by atoms with van der Waals surface area (Å²) in [7, 11) is 0.892. The van der Waals surface area contributed by atoms with E-state index in [4.69, 9.17) is 0 Å². The van der Waals surface area contributed by atoms with Crippen molar-refractivity contribution >= 4 is 8.58 Å². The van der Waals surface area contributed by atoms with E-state index in [0.717, 1.165) is 8.58 Å². The van der Waals surface area contributed by atoms with E-state index in [-0.39, 0.29) is 0 Å². The highest BCUT2D eigenvalue weighted by molar-refractivity contribution is 7.45. The van der Waals surface area contributed by atoms with Crippen LogP contribution in [-0.4, -0.2) is 0 Å². The Kier molecular flexibility index (Phi) is 47.8. The van der Waals surface area contributed by atoms with Crippen LogP contribution in [0.1, 0.15) is 284 Å². The molecule has 0 N–H and O–H groups in total. The highest BCUT2D eigenvalue weighted by Gasteiger charge is 1.97. The Hall–Kier alpha value is -0.0900. The van der Waals surface area contributed by atoms with Crippen LogP contribution in [0.4, 0.5) is 0 Å². The molecule has 0 aliphatic heterocycles. The first-order valence-corrected chi connectivity index (χ1v) is 24.6. The summed E-state index contributed by atoms with van der Waals surface area (Å²) in [5.41, 5.74) is 0. The Morgan fingerprint density at radius 3 is 0.571 bits per heavy atom. The number of hydrogen-bond donors (Lipinski definition) is 0. The third-order valence-electron chi connectivity index (χ3n) is 10.9. The van der Waals surface area contributed by atoms with Crippen molar-refractivity contribution in [1.29, 1.82) is 0 Å². The van der Waals surface area contributed by atoms with Crippen LogP contribution in [0, 0.1) is 0 Å². The third-order valence-corrected chi connectivity index (χ3v) is 11.7. The van der Waals surface area contributed by atoms with E-state index in [2.05, 4.69) is 37.6 Å². The fraction of sp³-hybridized carbons (Fsp3) is 0.917. The van der Waals surface area contributed by atoms with E-state index in [9.17, 15) is 0 Å². The van der Waals surface area contributed by atoms with Gasteiger partial charge in [0, 0.05) is 0 Å². The zero-order valence-electron chi connectivity index (χ0n) is 34.5. The van der Waals surface area contributed by atoms with Crippen molar-refractivity contribution in [3.05, 3.63) is 23.8 Å². The maximum Gasteiger partial charge on any atom is -0.0347 e. The molecule has 0 nitrogen and oxygen atoms in total. The molecule has 0 unspecified atom stereocenters. The number of allylic oxidation sites excluding steroid dienone is 2. The molecule has 1 heteroatoms. The van der Waals surface area contributed by atoms with Gasteiger partial charge in [0.05, 0.1) is 0 Å². The van der Waals surface area contributed by atoms with Crippen LogP contribution in [0.3, 0.4) is 0 Å². The highest BCUT2D eigenvalue weighted by atomic mass is 31.1. The average Bonchev–Trinajstić information content (AvgIpc) is 3.11. The molecule has 0 rings (SSSR count). The van der Waals surface area contributed by atoms with Crippen LogP contribution >= 0.6 is 8.58 Å². The van der Waals surface area contributed by atoms with Gasteiger partial charge < -0.3 is 0 Å². The van der Waals surface area contributed by atoms with Crippen LogP contribution in [0.5, 0.6) is 0 Å². The molecule has 0 aromatic carbocycles. The van der Waals surface area contributed by atoms with Gasteiger partial charge in [0.25, 0.3) is 0 Å². The number of hydrogen-bond acceptors (Lipinski definition) is 0. The second-order valence-electron chi connectivity index (χ2n) is 16.0. The first-order chi connectivity index (χ1) is 24.4. The Morgan fingerprint density at radius 2 is 0.388 bits per heavy atom. The number of unbranched alkanes of at least 4 members (excludes halogenated alkanes) is 40.